The third kappa shape index (κ3) is 3.25. The third-order valence-corrected chi connectivity index (χ3v) is 3.26. The summed E-state index contributed by atoms with van der Waals surface area (Å²) in [6.07, 6.45) is 0. The van der Waals surface area contributed by atoms with Crippen LogP contribution in [0.2, 0.25) is 10.0 Å². The van der Waals surface area contributed by atoms with Crippen LogP contribution in [-0.4, -0.2) is 12.2 Å². The second-order valence-electron chi connectivity index (χ2n) is 3.95. The normalized spacial score (nSPS) is 10.3. The standard InChI is InChI=1S/C14H13Cl2NO2/c1-19-13-4-2-3-9(14(13)18)8-17-12-7-10(15)5-6-11(12)16/h2-7,17-18H,8H2,1H3. The van der Waals surface area contributed by atoms with Crippen molar-refractivity contribution < 1.29 is 9.84 Å². The highest BCUT2D eigenvalue weighted by Gasteiger charge is 2.08. The highest BCUT2D eigenvalue weighted by atomic mass is 35.5. The number of nitrogens with one attached hydrogen (secondary N) is 1. The van der Waals surface area contributed by atoms with E-state index < -0.39 is 0 Å². The molecule has 0 aliphatic rings. The van der Waals surface area contributed by atoms with Gasteiger partial charge in [0, 0.05) is 17.1 Å². The van der Waals surface area contributed by atoms with Crippen LogP contribution in [0.4, 0.5) is 5.69 Å². The molecule has 2 aromatic rings. The maximum Gasteiger partial charge on any atom is 0.162 e. The first-order valence-corrected chi connectivity index (χ1v) is 6.41. The van der Waals surface area contributed by atoms with E-state index in [2.05, 4.69) is 5.32 Å². The van der Waals surface area contributed by atoms with Crippen LogP contribution >= 0.6 is 23.2 Å². The van der Waals surface area contributed by atoms with E-state index in [-0.39, 0.29) is 5.75 Å². The smallest absolute Gasteiger partial charge is 0.162 e. The quantitative estimate of drug-likeness (QED) is 0.883. The first-order chi connectivity index (χ1) is 9.11. The second kappa shape index (κ2) is 6.04. The molecule has 0 saturated carbocycles. The summed E-state index contributed by atoms with van der Waals surface area (Å²) in [5.41, 5.74) is 1.44. The van der Waals surface area contributed by atoms with Gasteiger partial charge in [-0.2, -0.15) is 0 Å². The van der Waals surface area contributed by atoms with Crippen LogP contribution in [0.3, 0.4) is 0 Å². The van der Waals surface area contributed by atoms with Crippen LogP contribution in [0.1, 0.15) is 5.56 Å². The highest BCUT2D eigenvalue weighted by Crippen LogP contribution is 2.31. The molecule has 2 rings (SSSR count). The van der Waals surface area contributed by atoms with Crippen molar-refractivity contribution in [3.05, 3.63) is 52.0 Å². The molecule has 100 valence electrons. The number of anilines is 1. The maximum atomic E-state index is 9.97. The maximum absolute atomic E-state index is 9.97. The van der Waals surface area contributed by atoms with Crippen molar-refractivity contribution >= 4 is 28.9 Å². The van der Waals surface area contributed by atoms with E-state index in [1.165, 1.54) is 7.11 Å². The zero-order chi connectivity index (χ0) is 13.8. The Morgan fingerprint density at radius 1 is 1.21 bits per heavy atom. The van der Waals surface area contributed by atoms with Gasteiger partial charge in [0.25, 0.3) is 0 Å². The van der Waals surface area contributed by atoms with Crippen molar-refractivity contribution in [1.29, 1.82) is 0 Å². The average molecular weight is 298 g/mol. The number of phenols is 1. The monoisotopic (exact) mass is 297 g/mol. The molecule has 0 unspecified atom stereocenters. The summed E-state index contributed by atoms with van der Waals surface area (Å²) in [5, 5.41) is 14.3. The number of aromatic hydroxyl groups is 1. The number of methoxy groups -OCH3 is 1. The molecule has 0 fully saturated rings. The minimum absolute atomic E-state index is 0.121. The molecule has 5 heteroatoms. The lowest BCUT2D eigenvalue weighted by atomic mass is 10.2. The van der Waals surface area contributed by atoms with E-state index in [0.717, 1.165) is 11.3 Å². The summed E-state index contributed by atoms with van der Waals surface area (Å²) in [4.78, 5) is 0. The minimum Gasteiger partial charge on any atom is -0.504 e. The first-order valence-electron chi connectivity index (χ1n) is 5.65. The fraction of sp³-hybridized carbons (Fsp3) is 0.143. The van der Waals surface area contributed by atoms with Gasteiger partial charge in [-0.1, -0.05) is 35.3 Å². The molecule has 0 heterocycles. The number of phenolic OH excluding ortho intramolecular Hbond substituents is 1. The molecule has 0 aliphatic heterocycles. The van der Waals surface area contributed by atoms with Crippen LogP contribution in [0, 0.1) is 0 Å². The summed E-state index contributed by atoms with van der Waals surface area (Å²) in [6, 6.07) is 10.5. The van der Waals surface area contributed by atoms with Gasteiger partial charge < -0.3 is 15.2 Å². The van der Waals surface area contributed by atoms with E-state index >= 15 is 0 Å². The van der Waals surface area contributed by atoms with Gasteiger partial charge in [0.15, 0.2) is 11.5 Å². The lowest BCUT2D eigenvalue weighted by molar-refractivity contribution is 0.371. The van der Waals surface area contributed by atoms with E-state index in [1.54, 1.807) is 24.3 Å². The summed E-state index contributed by atoms with van der Waals surface area (Å²) >= 11 is 12.0. The Morgan fingerprint density at radius 3 is 2.74 bits per heavy atom. The molecule has 0 atom stereocenters. The van der Waals surface area contributed by atoms with E-state index in [0.29, 0.717) is 22.3 Å². The number of para-hydroxylation sites is 1. The summed E-state index contributed by atoms with van der Waals surface area (Å²) in [5.74, 6) is 0.562. The van der Waals surface area contributed by atoms with Gasteiger partial charge in [0.1, 0.15) is 0 Å². The topological polar surface area (TPSA) is 41.5 Å². The molecule has 0 aromatic heterocycles. The molecule has 0 spiro atoms. The van der Waals surface area contributed by atoms with Gasteiger partial charge in [-0.25, -0.2) is 0 Å². The Balaban J connectivity index is 2.17. The molecule has 19 heavy (non-hydrogen) atoms. The Kier molecular flexibility index (Phi) is 4.40. The largest absolute Gasteiger partial charge is 0.504 e. The molecule has 0 saturated heterocycles. The molecule has 0 radical (unpaired) electrons. The minimum atomic E-state index is 0.121. The van der Waals surface area contributed by atoms with Crippen LogP contribution in [-0.2, 0) is 6.54 Å². The number of benzene rings is 2. The number of halogens is 2. The molecule has 0 bridgehead atoms. The highest BCUT2D eigenvalue weighted by molar-refractivity contribution is 6.35. The molecular weight excluding hydrogens is 285 g/mol. The Morgan fingerprint density at radius 2 is 2.00 bits per heavy atom. The predicted octanol–water partition coefficient (Wildman–Crippen LogP) is 4.32. The number of rotatable bonds is 4. The zero-order valence-corrected chi connectivity index (χ0v) is 11.8. The van der Waals surface area contributed by atoms with Crippen molar-refractivity contribution in [3.63, 3.8) is 0 Å². The van der Waals surface area contributed by atoms with Gasteiger partial charge in [0.2, 0.25) is 0 Å². The van der Waals surface area contributed by atoms with Gasteiger partial charge in [-0.15, -0.1) is 0 Å². The van der Waals surface area contributed by atoms with E-state index in [9.17, 15) is 5.11 Å². The second-order valence-corrected chi connectivity index (χ2v) is 4.79. The SMILES string of the molecule is COc1cccc(CNc2cc(Cl)ccc2Cl)c1O. The average Bonchev–Trinajstić information content (AvgIpc) is 2.41. The zero-order valence-electron chi connectivity index (χ0n) is 10.3. The molecular formula is C14H13Cl2NO2. The Labute approximate surface area is 121 Å². The number of hydrogen-bond donors (Lipinski definition) is 2. The van der Waals surface area contributed by atoms with Crippen molar-refractivity contribution in [1.82, 2.24) is 0 Å². The lowest BCUT2D eigenvalue weighted by Gasteiger charge is -2.12. The van der Waals surface area contributed by atoms with Gasteiger partial charge >= 0.3 is 0 Å². The van der Waals surface area contributed by atoms with Gasteiger partial charge in [-0.05, 0) is 24.3 Å². The van der Waals surface area contributed by atoms with Gasteiger partial charge in [-0.3, -0.25) is 0 Å². The van der Waals surface area contributed by atoms with E-state index in [4.69, 9.17) is 27.9 Å². The Hall–Kier alpha value is -1.58. The summed E-state index contributed by atoms with van der Waals surface area (Å²) in [6.45, 7) is 0.420. The fourth-order valence-electron chi connectivity index (χ4n) is 1.70. The fourth-order valence-corrected chi connectivity index (χ4v) is 2.06. The molecule has 2 aromatic carbocycles. The van der Waals surface area contributed by atoms with Crippen molar-refractivity contribution in [2.75, 3.05) is 12.4 Å². The van der Waals surface area contributed by atoms with Gasteiger partial charge in [0.05, 0.1) is 17.8 Å². The molecule has 0 amide bonds. The first kappa shape index (κ1) is 13.8. The van der Waals surface area contributed by atoms with E-state index in [1.807, 2.05) is 12.1 Å². The molecule has 0 aliphatic carbocycles. The summed E-state index contributed by atoms with van der Waals surface area (Å²) in [7, 11) is 1.51. The van der Waals surface area contributed by atoms with Crippen molar-refractivity contribution in [2.24, 2.45) is 0 Å². The molecule has 3 nitrogen and oxygen atoms in total. The predicted molar refractivity (Wildman–Crippen MR) is 78.4 cm³/mol. The van der Waals surface area contributed by atoms with Crippen molar-refractivity contribution in [3.8, 4) is 11.5 Å². The molecule has 2 N–H and O–H groups in total. The number of ether oxygens (including phenoxy) is 1. The van der Waals surface area contributed by atoms with Crippen LogP contribution in [0.5, 0.6) is 11.5 Å². The Bertz CT molecular complexity index is 588. The van der Waals surface area contributed by atoms with Crippen molar-refractivity contribution in [2.45, 2.75) is 6.54 Å². The van der Waals surface area contributed by atoms with Crippen LogP contribution < -0.4 is 10.1 Å². The van der Waals surface area contributed by atoms with Crippen LogP contribution in [0.15, 0.2) is 36.4 Å². The summed E-state index contributed by atoms with van der Waals surface area (Å²) < 4.78 is 5.06. The van der Waals surface area contributed by atoms with Crippen LogP contribution in [0.25, 0.3) is 0 Å². The lowest BCUT2D eigenvalue weighted by Crippen LogP contribution is -2.01. The number of hydrogen-bond acceptors (Lipinski definition) is 3. The third-order valence-electron chi connectivity index (χ3n) is 2.70.